The molecular formula is C11H21ClN2O3S. The molecule has 2 rings (SSSR count). The van der Waals surface area contributed by atoms with Crippen molar-refractivity contribution in [3.05, 3.63) is 0 Å². The number of hydrogen-bond donors (Lipinski definition) is 1. The number of nitrogens with zero attached hydrogens (tertiary/aromatic N) is 1. The third-order valence-corrected chi connectivity index (χ3v) is 5.10. The Morgan fingerprint density at radius 2 is 2.06 bits per heavy atom. The van der Waals surface area contributed by atoms with Gasteiger partial charge in [0.1, 0.15) is 0 Å². The zero-order chi connectivity index (χ0) is 12.6. The zero-order valence-corrected chi connectivity index (χ0v) is 12.4. The van der Waals surface area contributed by atoms with E-state index in [9.17, 15) is 13.2 Å². The molecule has 0 aromatic heterocycles. The van der Waals surface area contributed by atoms with Crippen LogP contribution in [0.4, 0.5) is 0 Å². The molecule has 18 heavy (non-hydrogen) atoms. The van der Waals surface area contributed by atoms with E-state index in [1.807, 2.05) is 13.8 Å². The molecule has 0 unspecified atom stereocenters. The van der Waals surface area contributed by atoms with Crippen molar-refractivity contribution in [2.45, 2.75) is 32.4 Å². The number of nitrogens with one attached hydrogen (secondary N) is 1. The highest BCUT2D eigenvalue weighted by atomic mass is 35.5. The molecule has 7 heteroatoms. The Labute approximate surface area is 115 Å². The van der Waals surface area contributed by atoms with Crippen molar-refractivity contribution in [1.82, 2.24) is 10.2 Å². The van der Waals surface area contributed by atoms with Gasteiger partial charge in [-0.1, -0.05) is 13.8 Å². The first-order valence-electron chi connectivity index (χ1n) is 6.12. The third-order valence-electron chi connectivity index (χ3n) is 3.39. The number of piperazine rings is 1. The standard InChI is InChI=1S/C11H20N2O3S.ClH/c1-8(2)5-11(14)13-4-3-12-9-6-17(15,16)7-10(9)13;/h8-10,12H,3-7H2,1-2H3;1H/t9-,10+;/m0./s1. The Bertz CT molecular complexity index is 411. The summed E-state index contributed by atoms with van der Waals surface area (Å²) in [7, 11) is -2.98. The second-order valence-corrected chi connectivity index (χ2v) is 7.54. The number of carbonyl (C=O) groups excluding carboxylic acids is 1. The van der Waals surface area contributed by atoms with Gasteiger partial charge in [0, 0.05) is 25.6 Å². The number of rotatable bonds is 2. The Morgan fingerprint density at radius 1 is 1.39 bits per heavy atom. The van der Waals surface area contributed by atoms with Crippen LogP contribution >= 0.6 is 12.4 Å². The Hall–Kier alpha value is -0.330. The van der Waals surface area contributed by atoms with Gasteiger partial charge in [-0.25, -0.2) is 8.42 Å². The van der Waals surface area contributed by atoms with Gasteiger partial charge in [0.25, 0.3) is 0 Å². The van der Waals surface area contributed by atoms with E-state index in [1.54, 1.807) is 4.90 Å². The maximum Gasteiger partial charge on any atom is 0.223 e. The van der Waals surface area contributed by atoms with Crippen molar-refractivity contribution >= 4 is 28.2 Å². The minimum atomic E-state index is -2.98. The molecule has 1 N–H and O–H groups in total. The van der Waals surface area contributed by atoms with E-state index in [0.717, 1.165) is 0 Å². The zero-order valence-electron chi connectivity index (χ0n) is 10.8. The maximum absolute atomic E-state index is 12.1. The average molecular weight is 297 g/mol. The van der Waals surface area contributed by atoms with Crippen molar-refractivity contribution in [2.24, 2.45) is 5.92 Å². The van der Waals surface area contributed by atoms with Crippen molar-refractivity contribution in [3.8, 4) is 0 Å². The number of fused-ring (bicyclic) bond motifs is 1. The van der Waals surface area contributed by atoms with E-state index in [0.29, 0.717) is 25.4 Å². The Morgan fingerprint density at radius 3 is 2.67 bits per heavy atom. The third kappa shape index (κ3) is 3.36. The van der Waals surface area contributed by atoms with Gasteiger partial charge in [0.05, 0.1) is 17.5 Å². The molecule has 2 aliphatic heterocycles. The highest BCUT2D eigenvalue weighted by Crippen LogP contribution is 2.22. The van der Waals surface area contributed by atoms with Crippen LogP contribution in [-0.4, -0.2) is 55.9 Å². The van der Waals surface area contributed by atoms with Gasteiger partial charge in [-0.05, 0) is 5.92 Å². The van der Waals surface area contributed by atoms with Crippen molar-refractivity contribution < 1.29 is 13.2 Å². The predicted molar refractivity (Wildman–Crippen MR) is 72.6 cm³/mol. The molecule has 106 valence electrons. The molecule has 2 atom stereocenters. The number of amides is 1. The molecular weight excluding hydrogens is 276 g/mol. The van der Waals surface area contributed by atoms with Crippen LogP contribution in [0.15, 0.2) is 0 Å². The lowest BCUT2D eigenvalue weighted by atomic mass is 10.0. The van der Waals surface area contributed by atoms with Crippen LogP contribution in [0.1, 0.15) is 20.3 Å². The van der Waals surface area contributed by atoms with Crippen LogP contribution in [0.3, 0.4) is 0 Å². The average Bonchev–Trinajstić information content (AvgIpc) is 2.49. The highest BCUT2D eigenvalue weighted by molar-refractivity contribution is 7.91. The topological polar surface area (TPSA) is 66.5 Å². The number of carbonyl (C=O) groups is 1. The first-order valence-corrected chi connectivity index (χ1v) is 7.94. The summed E-state index contributed by atoms with van der Waals surface area (Å²) in [6.45, 7) is 5.33. The smallest absolute Gasteiger partial charge is 0.223 e. The van der Waals surface area contributed by atoms with E-state index in [4.69, 9.17) is 0 Å². The van der Waals surface area contributed by atoms with E-state index in [1.165, 1.54) is 0 Å². The summed E-state index contributed by atoms with van der Waals surface area (Å²) in [5.74, 6) is 0.694. The summed E-state index contributed by atoms with van der Waals surface area (Å²) in [5, 5.41) is 3.20. The molecule has 2 heterocycles. The number of hydrogen-bond acceptors (Lipinski definition) is 4. The van der Waals surface area contributed by atoms with Gasteiger partial charge in [-0.3, -0.25) is 4.79 Å². The molecule has 0 saturated carbocycles. The first-order chi connectivity index (χ1) is 7.89. The van der Waals surface area contributed by atoms with Crippen LogP contribution in [0, 0.1) is 5.92 Å². The summed E-state index contributed by atoms with van der Waals surface area (Å²) < 4.78 is 23.2. The van der Waals surface area contributed by atoms with E-state index in [-0.39, 0.29) is 41.9 Å². The van der Waals surface area contributed by atoms with Gasteiger partial charge >= 0.3 is 0 Å². The number of halogens is 1. The molecule has 0 aliphatic carbocycles. The summed E-state index contributed by atoms with van der Waals surface area (Å²) >= 11 is 0. The van der Waals surface area contributed by atoms with Crippen LogP contribution in [0.2, 0.25) is 0 Å². The lowest BCUT2D eigenvalue weighted by Crippen LogP contribution is -2.59. The van der Waals surface area contributed by atoms with Gasteiger partial charge in [0.15, 0.2) is 9.84 Å². The minimum absolute atomic E-state index is 0. The molecule has 0 aromatic rings. The highest BCUT2D eigenvalue weighted by Gasteiger charge is 2.44. The van der Waals surface area contributed by atoms with E-state index in [2.05, 4.69) is 5.32 Å². The molecule has 0 spiro atoms. The Balaban J connectivity index is 0.00000162. The molecule has 2 aliphatic rings. The van der Waals surface area contributed by atoms with Crippen LogP contribution in [0.5, 0.6) is 0 Å². The van der Waals surface area contributed by atoms with Crippen molar-refractivity contribution in [2.75, 3.05) is 24.6 Å². The predicted octanol–water partition coefficient (Wildman–Crippen LogP) is 0.0517. The molecule has 0 radical (unpaired) electrons. The van der Waals surface area contributed by atoms with Crippen LogP contribution in [0.25, 0.3) is 0 Å². The second kappa shape index (κ2) is 5.75. The summed E-state index contributed by atoms with van der Waals surface area (Å²) in [4.78, 5) is 13.8. The summed E-state index contributed by atoms with van der Waals surface area (Å²) in [5.41, 5.74) is 0. The van der Waals surface area contributed by atoms with Gasteiger partial charge < -0.3 is 10.2 Å². The monoisotopic (exact) mass is 296 g/mol. The van der Waals surface area contributed by atoms with Crippen LogP contribution < -0.4 is 5.32 Å². The summed E-state index contributed by atoms with van der Waals surface area (Å²) in [6.07, 6.45) is 0.503. The van der Waals surface area contributed by atoms with Crippen molar-refractivity contribution in [1.29, 1.82) is 0 Å². The molecule has 0 aromatic carbocycles. The number of sulfone groups is 1. The van der Waals surface area contributed by atoms with Gasteiger partial charge in [-0.2, -0.15) is 0 Å². The van der Waals surface area contributed by atoms with Gasteiger partial charge in [0.2, 0.25) is 5.91 Å². The molecule has 2 saturated heterocycles. The lowest BCUT2D eigenvalue weighted by Gasteiger charge is -2.37. The minimum Gasteiger partial charge on any atom is -0.336 e. The van der Waals surface area contributed by atoms with E-state index >= 15 is 0 Å². The normalized spacial score (nSPS) is 29.8. The largest absolute Gasteiger partial charge is 0.336 e. The fourth-order valence-electron chi connectivity index (χ4n) is 2.64. The molecule has 1 amide bonds. The van der Waals surface area contributed by atoms with Crippen molar-refractivity contribution in [3.63, 3.8) is 0 Å². The lowest BCUT2D eigenvalue weighted by molar-refractivity contribution is -0.135. The Kier molecular flexibility index (Phi) is 5.03. The molecule has 5 nitrogen and oxygen atoms in total. The summed E-state index contributed by atoms with van der Waals surface area (Å²) in [6, 6.07) is -0.218. The second-order valence-electron chi connectivity index (χ2n) is 5.39. The molecule has 2 fully saturated rings. The maximum atomic E-state index is 12.1. The fraction of sp³-hybridized carbons (Fsp3) is 0.909. The first kappa shape index (κ1) is 15.7. The fourth-order valence-corrected chi connectivity index (χ4v) is 4.60. The SMILES string of the molecule is CC(C)CC(=O)N1CCN[C@H]2CS(=O)(=O)C[C@H]21.Cl. The molecule has 0 bridgehead atoms. The van der Waals surface area contributed by atoms with E-state index < -0.39 is 9.84 Å². The quantitative estimate of drug-likeness (QED) is 0.782. The van der Waals surface area contributed by atoms with Gasteiger partial charge in [-0.15, -0.1) is 12.4 Å². The van der Waals surface area contributed by atoms with Crippen LogP contribution in [-0.2, 0) is 14.6 Å².